The summed E-state index contributed by atoms with van der Waals surface area (Å²) in [7, 11) is 0. The average molecular weight is 314 g/mol. The van der Waals surface area contributed by atoms with Crippen LogP contribution >= 0.6 is 11.6 Å². The summed E-state index contributed by atoms with van der Waals surface area (Å²) in [5, 5.41) is 0.0900. The normalized spacial score (nSPS) is 12.0. The van der Waals surface area contributed by atoms with E-state index in [9.17, 15) is 9.18 Å². The second-order valence-corrected chi connectivity index (χ2v) is 5.67. The molecule has 0 heterocycles. The summed E-state index contributed by atoms with van der Waals surface area (Å²) in [6.45, 7) is 9.89. The lowest BCUT2D eigenvalue weighted by atomic mass is 9.83. The topological polar surface area (TPSA) is 20.3 Å². The molecule has 0 fully saturated rings. The van der Waals surface area contributed by atoms with Crippen molar-refractivity contribution in [1.29, 1.82) is 0 Å². The van der Waals surface area contributed by atoms with Crippen LogP contribution in [0.2, 0.25) is 5.02 Å². The van der Waals surface area contributed by atoms with Crippen LogP contribution in [0, 0.1) is 5.82 Å². The molecule has 0 aliphatic carbocycles. The maximum atomic E-state index is 13.5. The van der Waals surface area contributed by atoms with E-state index in [1.165, 1.54) is 12.1 Å². The zero-order chi connectivity index (χ0) is 16.0. The first-order valence-electron chi connectivity index (χ1n) is 7.67. The summed E-state index contributed by atoms with van der Waals surface area (Å²) in [4.78, 5) is 15.1. The van der Waals surface area contributed by atoms with Crippen molar-refractivity contribution in [3.63, 3.8) is 0 Å². The van der Waals surface area contributed by atoms with Gasteiger partial charge in [0, 0.05) is 6.42 Å². The Morgan fingerprint density at radius 3 is 2.19 bits per heavy atom. The maximum Gasteiger partial charge on any atom is 0.157 e. The lowest BCUT2D eigenvalue weighted by Gasteiger charge is -2.41. The number of hydrogen-bond donors (Lipinski definition) is 0. The highest BCUT2D eigenvalue weighted by molar-refractivity contribution is 6.30. The SMILES string of the molecule is CCN(CC)C(CC)(CC)C(=O)Cc1ccc(Cl)c(F)c1. The van der Waals surface area contributed by atoms with Gasteiger partial charge in [-0.05, 0) is 43.6 Å². The third kappa shape index (κ3) is 3.83. The van der Waals surface area contributed by atoms with Gasteiger partial charge in [0.15, 0.2) is 5.78 Å². The van der Waals surface area contributed by atoms with Crippen LogP contribution in [0.1, 0.15) is 46.1 Å². The largest absolute Gasteiger partial charge is 0.297 e. The number of halogens is 2. The summed E-state index contributed by atoms with van der Waals surface area (Å²) >= 11 is 5.69. The number of carbonyl (C=O) groups is 1. The van der Waals surface area contributed by atoms with Gasteiger partial charge in [0.2, 0.25) is 0 Å². The third-order valence-electron chi connectivity index (χ3n) is 4.41. The molecular weight excluding hydrogens is 289 g/mol. The van der Waals surface area contributed by atoms with Crippen LogP contribution in [0.3, 0.4) is 0 Å². The minimum Gasteiger partial charge on any atom is -0.297 e. The molecule has 0 aromatic heterocycles. The Balaban J connectivity index is 3.03. The number of ketones is 1. The molecule has 21 heavy (non-hydrogen) atoms. The van der Waals surface area contributed by atoms with Gasteiger partial charge in [0.05, 0.1) is 10.6 Å². The lowest BCUT2D eigenvalue weighted by molar-refractivity contribution is -0.131. The van der Waals surface area contributed by atoms with E-state index >= 15 is 0 Å². The van der Waals surface area contributed by atoms with Crippen LogP contribution in [0.25, 0.3) is 0 Å². The summed E-state index contributed by atoms with van der Waals surface area (Å²) in [5.41, 5.74) is 0.222. The number of likely N-dealkylation sites (N-methyl/N-ethyl adjacent to an activating group) is 1. The number of Topliss-reactive ketones (excluding diaryl/α,β-unsaturated/α-hetero) is 1. The number of hydrogen-bond acceptors (Lipinski definition) is 2. The predicted molar refractivity (Wildman–Crippen MR) is 86.4 cm³/mol. The standard InChI is InChI=1S/C17H25ClFNO/c1-5-17(6-2,20(7-3)8-4)16(21)12-13-9-10-14(18)15(19)11-13/h9-11H,5-8,12H2,1-4H3. The van der Waals surface area contributed by atoms with Gasteiger partial charge in [0.1, 0.15) is 5.82 Å². The smallest absolute Gasteiger partial charge is 0.157 e. The van der Waals surface area contributed by atoms with Gasteiger partial charge in [-0.15, -0.1) is 0 Å². The van der Waals surface area contributed by atoms with E-state index in [0.29, 0.717) is 5.56 Å². The van der Waals surface area contributed by atoms with Crippen LogP contribution in [0.5, 0.6) is 0 Å². The second kappa shape index (κ2) is 7.90. The van der Waals surface area contributed by atoms with Crippen molar-refractivity contribution in [2.24, 2.45) is 0 Å². The fraction of sp³-hybridized carbons (Fsp3) is 0.588. The van der Waals surface area contributed by atoms with Crippen LogP contribution in [0.4, 0.5) is 4.39 Å². The first-order valence-corrected chi connectivity index (χ1v) is 8.05. The van der Waals surface area contributed by atoms with E-state index in [2.05, 4.69) is 18.7 Å². The van der Waals surface area contributed by atoms with Crippen molar-refractivity contribution in [1.82, 2.24) is 4.90 Å². The van der Waals surface area contributed by atoms with E-state index < -0.39 is 11.4 Å². The zero-order valence-electron chi connectivity index (χ0n) is 13.4. The summed E-state index contributed by atoms with van der Waals surface area (Å²) in [6, 6.07) is 4.59. The molecule has 0 unspecified atom stereocenters. The minimum absolute atomic E-state index is 0.0900. The summed E-state index contributed by atoms with van der Waals surface area (Å²) in [6.07, 6.45) is 1.77. The molecular formula is C17H25ClFNO. The van der Waals surface area contributed by atoms with E-state index in [-0.39, 0.29) is 17.2 Å². The van der Waals surface area contributed by atoms with Gasteiger partial charge in [-0.2, -0.15) is 0 Å². The molecule has 0 aliphatic heterocycles. The molecule has 2 nitrogen and oxygen atoms in total. The van der Waals surface area contributed by atoms with Gasteiger partial charge in [0.25, 0.3) is 0 Å². The quantitative estimate of drug-likeness (QED) is 0.704. The lowest BCUT2D eigenvalue weighted by Crippen LogP contribution is -2.54. The Morgan fingerprint density at radius 1 is 1.19 bits per heavy atom. The van der Waals surface area contributed by atoms with Crippen molar-refractivity contribution < 1.29 is 9.18 Å². The van der Waals surface area contributed by atoms with Gasteiger partial charge >= 0.3 is 0 Å². The number of nitrogens with zero attached hydrogens (tertiary/aromatic N) is 1. The van der Waals surface area contributed by atoms with Crippen molar-refractivity contribution >= 4 is 17.4 Å². The van der Waals surface area contributed by atoms with Gasteiger partial charge in [-0.1, -0.05) is 45.4 Å². The molecule has 0 bridgehead atoms. The second-order valence-electron chi connectivity index (χ2n) is 5.26. The van der Waals surface area contributed by atoms with E-state index in [1.54, 1.807) is 6.07 Å². The van der Waals surface area contributed by atoms with Crippen LogP contribution in [-0.4, -0.2) is 29.3 Å². The van der Waals surface area contributed by atoms with Crippen LogP contribution in [-0.2, 0) is 11.2 Å². The monoisotopic (exact) mass is 313 g/mol. The molecule has 118 valence electrons. The van der Waals surface area contributed by atoms with Crippen molar-refractivity contribution in [3.8, 4) is 0 Å². The molecule has 0 amide bonds. The maximum absolute atomic E-state index is 13.5. The highest BCUT2D eigenvalue weighted by Gasteiger charge is 2.38. The van der Waals surface area contributed by atoms with Gasteiger partial charge in [-0.3, -0.25) is 9.69 Å². The van der Waals surface area contributed by atoms with Crippen molar-refractivity contribution in [2.45, 2.75) is 52.5 Å². The molecule has 0 saturated carbocycles. The van der Waals surface area contributed by atoms with E-state index in [0.717, 1.165) is 25.9 Å². The Labute approximate surface area is 132 Å². The molecule has 1 rings (SSSR count). The molecule has 0 radical (unpaired) electrons. The fourth-order valence-corrected chi connectivity index (χ4v) is 3.21. The number of carbonyl (C=O) groups excluding carboxylic acids is 1. The molecule has 0 atom stereocenters. The van der Waals surface area contributed by atoms with Crippen molar-refractivity contribution in [3.05, 3.63) is 34.6 Å². The Hall–Kier alpha value is -0.930. The van der Waals surface area contributed by atoms with E-state index in [1.807, 2.05) is 13.8 Å². The first-order chi connectivity index (χ1) is 9.94. The number of rotatable bonds is 8. The fourth-order valence-electron chi connectivity index (χ4n) is 3.10. The average Bonchev–Trinajstić information content (AvgIpc) is 2.48. The molecule has 0 aliphatic rings. The first kappa shape index (κ1) is 18.1. The summed E-state index contributed by atoms with van der Waals surface area (Å²) < 4.78 is 13.5. The van der Waals surface area contributed by atoms with Crippen LogP contribution in [0.15, 0.2) is 18.2 Å². The highest BCUT2D eigenvalue weighted by atomic mass is 35.5. The van der Waals surface area contributed by atoms with Gasteiger partial charge < -0.3 is 0 Å². The molecule has 1 aromatic carbocycles. The molecule has 4 heteroatoms. The third-order valence-corrected chi connectivity index (χ3v) is 4.71. The Kier molecular flexibility index (Phi) is 6.82. The predicted octanol–water partition coefficient (Wildman–Crippen LogP) is 4.49. The van der Waals surface area contributed by atoms with E-state index in [4.69, 9.17) is 11.6 Å². The van der Waals surface area contributed by atoms with Crippen molar-refractivity contribution in [2.75, 3.05) is 13.1 Å². The van der Waals surface area contributed by atoms with Crippen LogP contribution < -0.4 is 0 Å². The molecule has 1 aromatic rings. The number of benzene rings is 1. The molecule has 0 N–H and O–H groups in total. The Bertz CT molecular complexity index is 482. The molecule has 0 saturated heterocycles. The Morgan fingerprint density at radius 2 is 1.76 bits per heavy atom. The zero-order valence-corrected chi connectivity index (χ0v) is 14.1. The minimum atomic E-state index is -0.469. The summed E-state index contributed by atoms with van der Waals surface area (Å²) in [5.74, 6) is -0.318. The van der Waals surface area contributed by atoms with Gasteiger partial charge in [-0.25, -0.2) is 4.39 Å². The molecule has 0 spiro atoms. The highest BCUT2D eigenvalue weighted by Crippen LogP contribution is 2.27.